The van der Waals surface area contributed by atoms with E-state index in [1.807, 2.05) is 31.2 Å². The summed E-state index contributed by atoms with van der Waals surface area (Å²) >= 11 is 0. The summed E-state index contributed by atoms with van der Waals surface area (Å²) in [6, 6.07) is 12.6. The zero-order chi connectivity index (χ0) is 15.9. The first kappa shape index (κ1) is 15.8. The number of benzene rings is 2. The Morgan fingerprint density at radius 3 is 2.64 bits per heavy atom. The average molecular weight is 296 g/mol. The molecule has 0 atom stereocenters. The molecule has 0 radical (unpaired) electrons. The molecule has 0 aliphatic carbocycles. The number of methoxy groups -OCH3 is 1. The number of carbonyl (C=O) groups excluding carboxylic acids is 1. The van der Waals surface area contributed by atoms with Crippen LogP contribution in [0.1, 0.15) is 28.7 Å². The molecule has 0 heterocycles. The average Bonchev–Trinajstić information content (AvgIpc) is 2.53. The van der Waals surface area contributed by atoms with Crippen LogP contribution >= 0.6 is 0 Å². The van der Waals surface area contributed by atoms with Crippen molar-refractivity contribution in [3.8, 4) is 11.8 Å². The number of aryl methyl sites for hydroxylation is 2. The molecule has 0 saturated carbocycles. The third-order valence-corrected chi connectivity index (χ3v) is 3.37. The molecule has 2 aromatic rings. The monoisotopic (exact) mass is 296 g/mol. The molecule has 0 amide bonds. The van der Waals surface area contributed by atoms with Gasteiger partial charge in [-0.05, 0) is 42.7 Å². The smallest absolute Gasteiger partial charge is 0.305 e. The number of carbonyl (C=O) groups is 1. The van der Waals surface area contributed by atoms with Crippen molar-refractivity contribution in [2.75, 3.05) is 7.11 Å². The fourth-order valence-corrected chi connectivity index (χ4v) is 2.02. The minimum atomic E-state index is -0.347. The van der Waals surface area contributed by atoms with Crippen molar-refractivity contribution in [2.45, 2.75) is 19.8 Å². The van der Waals surface area contributed by atoms with Gasteiger partial charge in [0.25, 0.3) is 0 Å². The lowest BCUT2D eigenvalue weighted by Gasteiger charge is -2.03. The highest BCUT2D eigenvalue weighted by Crippen LogP contribution is 2.13. The molecule has 3 heteroatoms. The van der Waals surface area contributed by atoms with Gasteiger partial charge in [0.1, 0.15) is 5.82 Å². The van der Waals surface area contributed by atoms with Crippen molar-refractivity contribution in [3.63, 3.8) is 0 Å². The lowest BCUT2D eigenvalue weighted by Crippen LogP contribution is -2.03. The van der Waals surface area contributed by atoms with Crippen molar-refractivity contribution < 1.29 is 13.9 Å². The van der Waals surface area contributed by atoms with Gasteiger partial charge in [0.15, 0.2) is 0 Å². The third kappa shape index (κ3) is 4.20. The van der Waals surface area contributed by atoms with Crippen LogP contribution in [0, 0.1) is 24.6 Å². The van der Waals surface area contributed by atoms with Gasteiger partial charge >= 0.3 is 5.97 Å². The second-order valence-electron chi connectivity index (χ2n) is 4.95. The molecule has 0 aliphatic rings. The summed E-state index contributed by atoms with van der Waals surface area (Å²) < 4.78 is 18.5. The maximum absolute atomic E-state index is 14.0. The van der Waals surface area contributed by atoms with E-state index in [2.05, 4.69) is 16.6 Å². The highest BCUT2D eigenvalue weighted by atomic mass is 19.1. The van der Waals surface area contributed by atoms with Crippen LogP contribution in [0.4, 0.5) is 4.39 Å². The Kier molecular flexibility index (Phi) is 5.32. The summed E-state index contributed by atoms with van der Waals surface area (Å²) in [6.07, 6.45) is 0.492. The van der Waals surface area contributed by atoms with Gasteiger partial charge in [-0.25, -0.2) is 4.39 Å². The van der Waals surface area contributed by atoms with E-state index in [1.165, 1.54) is 13.2 Å². The minimum Gasteiger partial charge on any atom is -0.469 e. The first-order valence-corrected chi connectivity index (χ1v) is 7.03. The van der Waals surface area contributed by atoms with E-state index < -0.39 is 0 Å². The maximum Gasteiger partial charge on any atom is 0.305 e. The molecule has 0 N–H and O–H groups in total. The summed E-state index contributed by atoms with van der Waals surface area (Å²) in [5.41, 5.74) is 3.12. The van der Waals surface area contributed by atoms with E-state index in [0.717, 1.165) is 11.1 Å². The van der Waals surface area contributed by atoms with Gasteiger partial charge in [0.2, 0.25) is 0 Å². The van der Waals surface area contributed by atoms with Crippen LogP contribution < -0.4 is 0 Å². The lowest BCUT2D eigenvalue weighted by atomic mass is 10.1. The molecule has 22 heavy (non-hydrogen) atoms. The molecule has 0 aliphatic heterocycles. The van der Waals surface area contributed by atoms with E-state index in [4.69, 9.17) is 0 Å². The number of esters is 1. The topological polar surface area (TPSA) is 26.3 Å². The standard InChI is InChI=1S/C19H17FO2/c1-14-5-3-4-6-16(14)9-7-15-8-10-17(18(20)13-15)11-12-19(21)22-2/h3-6,8,10,13H,11-12H2,1-2H3. The molecule has 2 aromatic carbocycles. The summed E-state index contributed by atoms with van der Waals surface area (Å²) in [5.74, 6) is 5.32. The Labute approximate surface area is 129 Å². The number of ether oxygens (including phenoxy) is 1. The first-order chi connectivity index (χ1) is 10.6. The van der Waals surface area contributed by atoms with Gasteiger partial charge in [-0.15, -0.1) is 0 Å². The molecule has 2 nitrogen and oxygen atoms in total. The maximum atomic E-state index is 14.0. The van der Waals surface area contributed by atoms with Gasteiger partial charge in [-0.1, -0.05) is 36.1 Å². The van der Waals surface area contributed by atoms with Crippen LogP contribution in [-0.4, -0.2) is 13.1 Å². The van der Waals surface area contributed by atoms with Crippen LogP contribution in [-0.2, 0) is 16.0 Å². The second kappa shape index (κ2) is 7.42. The van der Waals surface area contributed by atoms with Crippen LogP contribution in [0.5, 0.6) is 0 Å². The Balaban J connectivity index is 2.13. The van der Waals surface area contributed by atoms with Gasteiger partial charge in [-0.3, -0.25) is 4.79 Å². The molecule has 0 aromatic heterocycles. The number of hydrogen-bond acceptors (Lipinski definition) is 2. The summed E-state index contributed by atoms with van der Waals surface area (Å²) in [6.45, 7) is 1.99. The molecule has 2 rings (SSSR count). The highest BCUT2D eigenvalue weighted by Gasteiger charge is 2.06. The second-order valence-corrected chi connectivity index (χ2v) is 4.95. The predicted molar refractivity (Wildman–Crippen MR) is 83.9 cm³/mol. The third-order valence-electron chi connectivity index (χ3n) is 3.37. The summed E-state index contributed by atoms with van der Waals surface area (Å²) in [7, 11) is 1.32. The SMILES string of the molecule is COC(=O)CCc1ccc(C#Cc2ccccc2C)cc1F. The van der Waals surface area contributed by atoms with Gasteiger partial charge in [0, 0.05) is 17.5 Å². The minimum absolute atomic E-state index is 0.168. The Bertz CT molecular complexity index is 739. The largest absolute Gasteiger partial charge is 0.469 e. The molecule has 0 spiro atoms. The van der Waals surface area contributed by atoms with Crippen molar-refractivity contribution in [1.82, 2.24) is 0 Å². The van der Waals surface area contributed by atoms with Gasteiger partial charge < -0.3 is 4.74 Å². The van der Waals surface area contributed by atoms with Crippen molar-refractivity contribution in [3.05, 3.63) is 70.5 Å². The zero-order valence-electron chi connectivity index (χ0n) is 12.7. The quantitative estimate of drug-likeness (QED) is 0.638. The number of rotatable bonds is 3. The molecule has 0 unspecified atom stereocenters. The van der Waals surface area contributed by atoms with Gasteiger partial charge in [0.05, 0.1) is 7.11 Å². The zero-order valence-corrected chi connectivity index (χ0v) is 12.7. The number of hydrogen-bond donors (Lipinski definition) is 0. The van der Waals surface area contributed by atoms with Crippen LogP contribution in [0.15, 0.2) is 42.5 Å². The fourth-order valence-electron chi connectivity index (χ4n) is 2.02. The Hall–Kier alpha value is -2.60. The molecule has 112 valence electrons. The van der Waals surface area contributed by atoms with E-state index in [9.17, 15) is 9.18 Å². The Morgan fingerprint density at radius 1 is 1.18 bits per heavy atom. The molecule has 0 fully saturated rings. The fraction of sp³-hybridized carbons (Fsp3) is 0.211. The molecular formula is C19H17FO2. The van der Waals surface area contributed by atoms with Crippen molar-refractivity contribution in [2.24, 2.45) is 0 Å². The molecule has 0 saturated heterocycles. The molecule has 0 bridgehead atoms. The molecular weight excluding hydrogens is 279 g/mol. The predicted octanol–water partition coefficient (Wildman–Crippen LogP) is 3.64. The van der Waals surface area contributed by atoms with Crippen LogP contribution in [0.25, 0.3) is 0 Å². The highest BCUT2D eigenvalue weighted by molar-refractivity contribution is 5.69. The first-order valence-electron chi connectivity index (χ1n) is 7.03. The van der Waals surface area contributed by atoms with Crippen LogP contribution in [0.2, 0.25) is 0 Å². The van der Waals surface area contributed by atoms with E-state index >= 15 is 0 Å². The Morgan fingerprint density at radius 2 is 1.95 bits per heavy atom. The van der Waals surface area contributed by atoms with Crippen LogP contribution in [0.3, 0.4) is 0 Å². The van der Waals surface area contributed by atoms with E-state index in [1.54, 1.807) is 12.1 Å². The number of halogens is 1. The van der Waals surface area contributed by atoms with Gasteiger partial charge in [-0.2, -0.15) is 0 Å². The normalized spacial score (nSPS) is 9.77. The van der Waals surface area contributed by atoms with E-state index in [-0.39, 0.29) is 18.2 Å². The van der Waals surface area contributed by atoms with E-state index in [0.29, 0.717) is 17.5 Å². The van der Waals surface area contributed by atoms with Crippen molar-refractivity contribution in [1.29, 1.82) is 0 Å². The van der Waals surface area contributed by atoms with Crippen molar-refractivity contribution >= 4 is 5.97 Å². The lowest BCUT2D eigenvalue weighted by molar-refractivity contribution is -0.140. The summed E-state index contributed by atoms with van der Waals surface area (Å²) in [5, 5.41) is 0. The summed E-state index contributed by atoms with van der Waals surface area (Å²) in [4.78, 5) is 11.1.